The lowest BCUT2D eigenvalue weighted by molar-refractivity contribution is 0.156. The van der Waals surface area contributed by atoms with Crippen LogP contribution < -0.4 is 5.32 Å². The second kappa shape index (κ2) is 6.22. The van der Waals surface area contributed by atoms with Gasteiger partial charge in [0.2, 0.25) is 0 Å². The predicted octanol–water partition coefficient (Wildman–Crippen LogP) is 3.51. The summed E-state index contributed by atoms with van der Waals surface area (Å²) in [5, 5.41) is 3.55. The van der Waals surface area contributed by atoms with Crippen molar-refractivity contribution >= 4 is 0 Å². The summed E-state index contributed by atoms with van der Waals surface area (Å²) < 4.78 is 10.9. The van der Waals surface area contributed by atoms with Crippen LogP contribution in [0.2, 0.25) is 0 Å². The van der Waals surface area contributed by atoms with Crippen LogP contribution >= 0.6 is 0 Å². The smallest absolute Gasteiger partial charge is 0.129 e. The van der Waals surface area contributed by atoms with Crippen molar-refractivity contribution in [3.63, 3.8) is 0 Å². The first kappa shape index (κ1) is 14.3. The highest BCUT2D eigenvalue weighted by Gasteiger charge is 2.28. The summed E-state index contributed by atoms with van der Waals surface area (Å²) in [6.07, 6.45) is 1.12. The molecule has 0 aliphatic rings. The minimum atomic E-state index is 0.136. The molecule has 1 unspecified atom stereocenters. The molecule has 0 spiro atoms. The standard InChI is InChI=1S/C14H25NO2/c1-6-9-15-13(14(2,3)4)12-8-7-11(17-12)10-16-5/h7-8,13,15H,6,9-10H2,1-5H3. The zero-order valence-corrected chi connectivity index (χ0v) is 11.7. The molecule has 1 aromatic heterocycles. The summed E-state index contributed by atoms with van der Waals surface area (Å²) in [5.41, 5.74) is 0.136. The summed E-state index contributed by atoms with van der Waals surface area (Å²) in [4.78, 5) is 0. The third-order valence-electron chi connectivity index (χ3n) is 2.72. The van der Waals surface area contributed by atoms with Crippen molar-refractivity contribution < 1.29 is 9.15 Å². The van der Waals surface area contributed by atoms with Crippen molar-refractivity contribution in [2.45, 2.75) is 46.8 Å². The Balaban J connectivity index is 2.80. The molecule has 0 radical (unpaired) electrons. The van der Waals surface area contributed by atoms with E-state index in [1.165, 1.54) is 0 Å². The zero-order valence-electron chi connectivity index (χ0n) is 11.7. The van der Waals surface area contributed by atoms with Crippen LogP contribution in [0.1, 0.15) is 51.7 Å². The van der Waals surface area contributed by atoms with Gasteiger partial charge >= 0.3 is 0 Å². The van der Waals surface area contributed by atoms with E-state index in [2.05, 4.69) is 33.0 Å². The maximum absolute atomic E-state index is 5.82. The van der Waals surface area contributed by atoms with Gasteiger partial charge in [-0.15, -0.1) is 0 Å². The van der Waals surface area contributed by atoms with Crippen LogP contribution in [0.4, 0.5) is 0 Å². The van der Waals surface area contributed by atoms with Crippen LogP contribution in [0.5, 0.6) is 0 Å². The lowest BCUT2D eigenvalue weighted by atomic mass is 9.85. The Kier molecular flexibility index (Phi) is 5.22. The van der Waals surface area contributed by atoms with Gasteiger partial charge in [0, 0.05) is 7.11 Å². The molecule has 0 amide bonds. The maximum atomic E-state index is 5.82. The molecule has 1 atom stereocenters. The summed E-state index contributed by atoms with van der Waals surface area (Å²) >= 11 is 0. The fourth-order valence-corrected chi connectivity index (χ4v) is 1.89. The first-order valence-corrected chi connectivity index (χ1v) is 6.30. The fourth-order valence-electron chi connectivity index (χ4n) is 1.89. The Labute approximate surface area is 105 Å². The quantitative estimate of drug-likeness (QED) is 0.825. The molecule has 0 aliphatic carbocycles. The third kappa shape index (κ3) is 4.17. The Morgan fingerprint density at radius 2 is 2.06 bits per heavy atom. The summed E-state index contributed by atoms with van der Waals surface area (Å²) in [5.74, 6) is 1.88. The molecular formula is C14H25NO2. The highest BCUT2D eigenvalue weighted by molar-refractivity contribution is 5.12. The summed E-state index contributed by atoms with van der Waals surface area (Å²) in [7, 11) is 1.68. The molecule has 1 aromatic rings. The minimum Gasteiger partial charge on any atom is -0.462 e. The number of rotatable bonds is 6. The number of methoxy groups -OCH3 is 1. The van der Waals surface area contributed by atoms with E-state index in [1.807, 2.05) is 12.1 Å². The van der Waals surface area contributed by atoms with Gasteiger partial charge in [0.25, 0.3) is 0 Å². The largest absolute Gasteiger partial charge is 0.462 e. The molecular weight excluding hydrogens is 214 g/mol. The SMILES string of the molecule is CCCNC(c1ccc(COC)o1)C(C)(C)C. The molecule has 0 aliphatic heterocycles. The minimum absolute atomic E-state index is 0.136. The predicted molar refractivity (Wildman–Crippen MR) is 69.9 cm³/mol. The van der Waals surface area contributed by atoms with E-state index in [1.54, 1.807) is 7.11 Å². The Morgan fingerprint density at radius 3 is 2.59 bits per heavy atom. The zero-order chi connectivity index (χ0) is 12.9. The summed E-state index contributed by atoms with van der Waals surface area (Å²) in [6.45, 7) is 10.4. The molecule has 1 N–H and O–H groups in total. The van der Waals surface area contributed by atoms with Crippen LogP contribution in [0.25, 0.3) is 0 Å². The van der Waals surface area contributed by atoms with Gasteiger partial charge in [0.05, 0.1) is 6.04 Å². The summed E-state index contributed by atoms with van der Waals surface area (Å²) in [6, 6.07) is 4.28. The van der Waals surface area contributed by atoms with Gasteiger partial charge in [-0.1, -0.05) is 27.7 Å². The highest BCUT2D eigenvalue weighted by atomic mass is 16.5. The van der Waals surface area contributed by atoms with Crippen molar-refractivity contribution in [2.75, 3.05) is 13.7 Å². The monoisotopic (exact) mass is 239 g/mol. The molecule has 0 saturated heterocycles. The van der Waals surface area contributed by atoms with Crippen molar-refractivity contribution in [1.29, 1.82) is 0 Å². The fraction of sp³-hybridized carbons (Fsp3) is 0.714. The lowest BCUT2D eigenvalue weighted by Crippen LogP contribution is -2.32. The van der Waals surface area contributed by atoms with Crippen LogP contribution in [0, 0.1) is 5.41 Å². The van der Waals surface area contributed by atoms with E-state index in [0.717, 1.165) is 24.5 Å². The van der Waals surface area contributed by atoms with Crippen molar-refractivity contribution in [3.8, 4) is 0 Å². The van der Waals surface area contributed by atoms with Crippen LogP contribution in [0.15, 0.2) is 16.5 Å². The van der Waals surface area contributed by atoms with Crippen molar-refractivity contribution in [3.05, 3.63) is 23.7 Å². The Bertz CT molecular complexity index is 325. The van der Waals surface area contributed by atoms with E-state index in [9.17, 15) is 0 Å². The number of hydrogen-bond acceptors (Lipinski definition) is 3. The maximum Gasteiger partial charge on any atom is 0.129 e. The van der Waals surface area contributed by atoms with Gasteiger partial charge in [-0.05, 0) is 30.5 Å². The topological polar surface area (TPSA) is 34.4 Å². The van der Waals surface area contributed by atoms with Crippen molar-refractivity contribution in [2.24, 2.45) is 5.41 Å². The molecule has 0 fully saturated rings. The number of furan rings is 1. The van der Waals surface area contributed by atoms with Gasteiger partial charge in [-0.3, -0.25) is 0 Å². The number of nitrogens with one attached hydrogen (secondary N) is 1. The normalized spacial score (nSPS) is 13.9. The van der Waals surface area contributed by atoms with Crippen LogP contribution in [-0.2, 0) is 11.3 Å². The lowest BCUT2D eigenvalue weighted by Gasteiger charge is -2.30. The van der Waals surface area contributed by atoms with Gasteiger partial charge in [0.1, 0.15) is 18.1 Å². The third-order valence-corrected chi connectivity index (χ3v) is 2.72. The van der Waals surface area contributed by atoms with Gasteiger partial charge in [-0.2, -0.15) is 0 Å². The molecule has 0 bridgehead atoms. The molecule has 3 heteroatoms. The van der Waals surface area contributed by atoms with Crippen molar-refractivity contribution in [1.82, 2.24) is 5.32 Å². The van der Waals surface area contributed by atoms with E-state index in [-0.39, 0.29) is 11.5 Å². The molecule has 98 valence electrons. The molecule has 0 saturated carbocycles. The van der Waals surface area contributed by atoms with Gasteiger partial charge in [-0.25, -0.2) is 0 Å². The first-order chi connectivity index (χ1) is 7.99. The second-order valence-electron chi connectivity index (χ2n) is 5.49. The molecule has 17 heavy (non-hydrogen) atoms. The second-order valence-corrected chi connectivity index (χ2v) is 5.49. The van der Waals surface area contributed by atoms with E-state index >= 15 is 0 Å². The first-order valence-electron chi connectivity index (χ1n) is 6.30. The molecule has 3 nitrogen and oxygen atoms in total. The van der Waals surface area contributed by atoms with E-state index < -0.39 is 0 Å². The molecule has 1 rings (SSSR count). The highest BCUT2D eigenvalue weighted by Crippen LogP contribution is 2.33. The van der Waals surface area contributed by atoms with E-state index in [0.29, 0.717) is 6.61 Å². The van der Waals surface area contributed by atoms with Crippen LogP contribution in [-0.4, -0.2) is 13.7 Å². The average Bonchev–Trinajstić information content (AvgIpc) is 2.65. The number of ether oxygens (including phenoxy) is 1. The molecule has 1 heterocycles. The van der Waals surface area contributed by atoms with Gasteiger partial charge < -0.3 is 14.5 Å². The van der Waals surface area contributed by atoms with Crippen LogP contribution in [0.3, 0.4) is 0 Å². The average molecular weight is 239 g/mol. The Hall–Kier alpha value is -0.800. The molecule has 0 aromatic carbocycles. The van der Waals surface area contributed by atoms with E-state index in [4.69, 9.17) is 9.15 Å². The van der Waals surface area contributed by atoms with Gasteiger partial charge in [0.15, 0.2) is 0 Å². The number of hydrogen-bond donors (Lipinski definition) is 1. The Morgan fingerprint density at radius 1 is 1.35 bits per heavy atom.